The second-order valence-electron chi connectivity index (χ2n) is 4.89. The maximum atomic E-state index is 12.0. The minimum Gasteiger partial charge on any atom is -0.463 e. The van der Waals surface area contributed by atoms with E-state index in [2.05, 4.69) is 15.0 Å². The van der Waals surface area contributed by atoms with Crippen molar-refractivity contribution in [2.24, 2.45) is 0 Å². The Labute approximate surface area is 120 Å². The molecule has 0 atom stereocenters. The average molecular weight is 305 g/mol. The standard InChI is InChI=1S/C12H18F3N5O/c13-12(14,15)5-4-8-21-11-18-9(16)17-10(19-11)20-6-2-1-3-7-20/h1-8H2,(H2,16,17,18,19). The van der Waals surface area contributed by atoms with Gasteiger partial charge in [0.05, 0.1) is 6.61 Å². The largest absolute Gasteiger partial charge is 0.463 e. The fourth-order valence-corrected chi connectivity index (χ4v) is 2.10. The lowest BCUT2D eigenvalue weighted by Crippen LogP contribution is -2.31. The van der Waals surface area contributed by atoms with Crippen molar-refractivity contribution in [2.45, 2.75) is 38.3 Å². The Kier molecular flexibility index (Phi) is 5.03. The van der Waals surface area contributed by atoms with Crippen molar-refractivity contribution >= 4 is 11.9 Å². The molecule has 0 aliphatic carbocycles. The molecule has 1 fully saturated rings. The van der Waals surface area contributed by atoms with Gasteiger partial charge in [0.1, 0.15) is 0 Å². The van der Waals surface area contributed by atoms with E-state index < -0.39 is 12.6 Å². The lowest BCUT2D eigenvalue weighted by Gasteiger charge is -2.26. The molecule has 0 amide bonds. The number of ether oxygens (including phenoxy) is 1. The third kappa shape index (κ3) is 5.24. The second-order valence-corrected chi connectivity index (χ2v) is 4.89. The third-order valence-corrected chi connectivity index (χ3v) is 3.10. The summed E-state index contributed by atoms with van der Waals surface area (Å²) in [6.45, 7) is 1.55. The fraction of sp³-hybridized carbons (Fsp3) is 0.750. The van der Waals surface area contributed by atoms with Crippen LogP contribution >= 0.6 is 0 Å². The Morgan fingerprint density at radius 3 is 2.48 bits per heavy atom. The minimum absolute atomic E-state index is 0.0106. The molecule has 1 saturated heterocycles. The van der Waals surface area contributed by atoms with Crippen LogP contribution in [0.25, 0.3) is 0 Å². The van der Waals surface area contributed by atoms with Gasteiger partial charge in [0.2, 0.25) is 11.9 Å². The highest BCUT2D eigenvalue weighted by atomic mass is 19.4. The molecule has 1 aromatic heterocycles. The summed E-state index contributed by atoms with van der Waals surface area (Å²) in [5.74, 6) is 0.435. The summed E-state index contributed by atoms with van der Waals surface area (Å²) < 4.78 is 41.2. The van der Waals surface area contributed by atoms with Crippen LogP contribution in [0.5, 0.6) is 6.01 Å². The van der Waals surface area contributed by atoms with Gasteiger partial charge >= 0.3 is 12.2 Å². The summed E-state index contributed by atoms with van der Waals surface area (Å²) >= 11 is 0. The molecule has 118 valence electrons. The molecule has 1 aliphatic rings. The lowest BCUT2D eigenvalue weighted by molar-refractivity contribution is -0.136. The molecule has 2 N–H and O–H groups in total. The second kappa shape index (κ2) is 6.77. The zero-order valence-electron chi connectivity index (χ0n) is 11.6. The van der Waals surface area contributed by atoms with Crippen molar-refractivity contribution in [1.29, 1.82) is 0 Å². The SMILES string of the molecule is Nc1nc(OCCCC(F)(F)F)nc(N2CCCCC2)n1. The average Bonchev–Trinajstić information content (AvgIpc) is 2.43. The van der Waals surface area contributed by atoms with E-state index in [4.69, 9.17) is 10.5 Å². The predicted molar refractivity (Wildman–Crippen MR) is 71.1 cm³/mol. The highest BCUT2D eigenvalue weighted by molar-refractivity contribution is 5.36. The molecule has 0 aromatic carbocycles. The number of nitrogens with zero attached hydrogens (tertiary/aromatic N) is 4. The van der Waals surface area contributed by atoms with E-state index in [-0.39, 0.29) is 25.0 Å². The number of rotatable bonds is 5. The molecule has 1 aromatic rings. The Morgan fingerprint density at radius 1 is 1.10 bits per heavy atom. The van der Waals surface area contributed by atoms with Crippen molar-refractivity contribution in [1.82, 2.24) is 15.0 Å². The van der Waals surface area contributed by atoms with Crippen LogP contribution in [0.3, 0.4) is 0 Å². The van der Waals surface area contributed by atoms with Gasteiger partial charge < -0.3 is 15.4 Å². The van der Waals surface area contributed by atoms with Crippen molar-refractivity contribution in [2.75, 3.05) is 30.3 Å². The first-order valence-electron chi connectivity index (χ1n) is 6.90. The summed E-state index contributed by atoms with van der Waals surface area (Å²) in [4.78, 5) is 13.9. The van der Waals surface area contributed by atoms with Gasteiger partial charge in [-0.1, -0.05) is 0 Å². The van der Waals surface area contributed by atoms with E-state index in [1.165, 1.54) is 0 Å². The van der Waals surface area contributed by atoms with Crippen molar-refractivity contribution in [3.05, 3.63) is 0 Å². The Hall–Kier alpha value is -1.80. The smallest absolute Gasteiger partial charge is 0.389 e. The first-order chi connectivity index (χ1) is 9.94. The van der Waals surface area contributed by atoms with Gasteiger partial charge in [0.15, 0.2) is 0 Å². The summed E-state index contributed by atoms with van der Waals surface area (Å²) in [6.07, 6.45) is -1.96. The van der Waals surface area contributed by atoms with Gasteiger partial charge in [-0.25, -0.2) is 0 Å². The lowest BCUT2D eigenvalue weighted by atomic mass is 10.1. The Bertz CT molecular complexity index is 463. The maximum absolute atomic E-state index is 12.0. The van der Waals surface area contributed by atoms with E-state index in [1.54, 1.807) is 0 Å². The van der Waals surface area contributed by atoms with Crippen LogP contribution < -0.4 is 15.4 Å². The summed E-state index contributed by atoms with van der Waals surface area (Å²) in [6, 6.07) is -0.0229. The van der Waals surface area contributed by atoms with Crippen LogP contribution in [-0.4, -0.2) is 40.8 Å². The van der Waals surface area contributed by atoms with Crippen molar-refractivity contribution in [3.63, 3.8) is 0 Å². The molecule has 9 heteroatoms. The number of hydrogen-bond acceptors (Lipinski definition) is 6. The van der Waals surface area contributed by atoms with Gasteiger partial charge in [-0.15, -0.1) is 0 Å². The van der Waals surface area contributed by atoms with E-state index in [9.17, 15) is 13.2 Å². The van der Waals surface area contributed by atoms with Crippen LogP contribution in [0.15, 0.2) is 0 Å². The van der Waals surface area contributed by atoms with Crippen LogP contribution in [0.1, 0.15) is 32.1 Å². The number of nitrogen functional groups attached to an aromatic ring is 1. The van der Waals surface area contributed by atoms with Crippen LogP contribution in [0.2, 0.25) is 0 Å². The molecule has 1 aliphatic heterocycles. The number of alkyl halides is 3. The number of nitrogens with two attached hydrogens (primary N) is 1. The monoisotopic (exact) mass is 305 g/mol. The molecule has 6 nitrogen and oxygen atoms in total. The molecule has 0 saturated carbocycles. The molecule has 0 radical (unpaired) electrons. The van der Waals surface area contributed by atoms with Crippen LogP contribution in [0, 0.1) is 0 Å². The van der Waals surface area contributed by atoms with Crippen LogP contribution in [0.4, 0.5) is 25.1 Å². The van der Waals surface area contributed by atoms with Crippen molar-refractivity contribution in [3.8, 4) is 6.01 Å². The summed E-state index contributed by atoms with van der Waals surface area (Å²) in [7, 11) is 0. The third-order valence-electron chi connectivity index (χ3n) is 3.10. The zero-order chi connectivity index (χ0) is 15.3. The van der Waals surface area contributed by atoms with Gasteiger partial charge in [0.25, 0.3) is 0 Å². The summed E-state index contributed by atoms with van der Waals surface area (Å²) in [5, 5.41) is 0. The minimum atomic E-state index is -4.18. The van der Waals surface area contributed by atoms with Gasteiger partial charge in [-0.3, -0.25) is 0 Å². The number of anilines is 2. The number of aromatic nitrogens is 3. The van der Waals surface area contributed by atoms with E-state index in [1.807, 2.05) is 4.90 Å². The molecular weight excluding hydrogens is 287 g/mol. The van der Waals surface area contributed by atoms with Gasteiger partial charge in [-0.2, -0.15) is 28.1 Å². The van der Waals surface area contributed by atoms with Crippen LogP contribution in [-0.2, 0) is 0 Å². The molecule has 2 heterocycles. The van der Waals surface area contributed by atoms with E-state index in [0.717, 1.165) is 32.4 Å². The first-order valence-corrected chi connectivity index (χ1v) is 6.90. The predicted octanol–water partition coefficient (Wildman–Crippen LogP) is 2.17. The highest BCUT2D eigenvalue weighted by Crippen LogP contribution is 2.22. The normalized spacial score (nSPS) is 16.0. The molecular formula is C12H18F3N5O. The maximum Gasteiger partial charge on any atom is 0.389 e. The van der Waals surface area contributed by atoms with Gasteiger partial charge in [0, 0.05) is 19.5 Å². The first kappa shape index (κ1) is 15.6. The summed E-state index contributed by atoms with van der Waals surface area (Å²) in [5.41, 5.74) is 5.59. The molecule has 21 heavy (non-hydrogen) atoms. The number of halogens is 3. The number of piperidine rings is 1. The molecule has 0 bridgehead atoms. The highest BCUT2D eigenvalue weighted by Gasteiger charge is 2.26. The van der Waals surface area contributed by atoms with E-state index >= 15 is 0 Å². The zero-order valence-corrected chi connectivity index (χ0v) is 11.6. The molecule has 0 spiro atoms. The quantitative estimate of drug-likeness (QED) is 0.840. The Morgan fingerprint density at radius 2 is 1.81 bits per heavy atom. The molecule has 0 unspecified atom stereocenters. The Balaban J connectivity index is 1.92. The molecule has 2 rings (SSSR count). The fourth-order valence-electron chi connectivity index (χ4n) is 2.10. The van der Waals surface area contributed by atoms with Gasteiger partial charge in [-0.05, 0) is 25.7 Å². The topological polar surface area (TPSA) is 77.2 Å². The van der Waals surface area contributed by atoms with Crippen molar-refractivity contribution < 1.29 is 17.9 Å². The number of hydrogen-bond donors (Lipinski definition) is 1. The van der Waals surface area contributed by atoms with E-state index in [0.29, 0.717) is 5.95 Å².